The van der Waals surface area contributed by atoms with Crippen molar-refractivity contribution < 1.29 is 18.7 Å². The third-order valence-electron chi connectivity index (χ3n) is 6.36. The summed E-state index contributed by atoms with van der Waals surface area (Å²) in [7, 11) is 0. The van der Waals surface area contributed by atoms with Gasteiger partial charge in [0.05, 0.1) is 22.1 Å². The van der Waals surface area contributed by atoms with E-state index >= 15 is 0 Å². The van der Waals surface area contributed by atoms with Crippen LogP contribution < -0.4 is 5.56 Å². The number of aliphatic carboxylic acids is 1. The molecule has 0 unspecified atom stereocenters. The van der Waals surface area contributed by atoms with Crippen LogP contribution in [-0.4, -0.2) is 30.4 Å². The van der Waals surface area contributed by atoms with Crippen LogP contribution in [0, 0.1) is 18.6 Å². The van der Waals surface area contributed by atoms with Crippen molar-refractivity contribution in [1.82, 2.24) is 19.3 Å². The maximum absolute atomic E-state index is 14.4. The zero-order valence-corrected chi connectivity index (χ0v) is 20.2. The summed E-state index contributed by atoms with van der Waals surface area (Å²) in [5.74, 6) is -1.90. The molecule has 0 atom stereocenters. The van der Waals surface area contributed by atoms with Crippen molar-refractivity contribution in [1.29, 1.82) is 0 Å². The Labute approximate surface area is 211 Å². The van der Waals surface area contributed by atoms with E-state index in [9.17, 15) is 23.5 Å². The molecule has 6 aromatic rings. The van der Waals surface area contributed by atoms with E-state index in [2.05, 4.69) is 4.98 Å². The molecular weight excluding hydrogens is 498 g/mol. The molecule has 3 aromatic heterocycles. The molecule has 3 heterocycles. The number of nitrogens with zero attached hydrogens (tertiary/aromatic N) is 4. The van der Waals surface area contributed by atoms with Gasteiger partial charge in [0.15, 0.2) is 0 Å². The maximum atomic E-state index is 14.4. The molecule has 37 heavy (non-hydrogen) atoms. The minimum atomic E-state index is -1.04. The number of hydrogen-bond acceptors (Lipinski definition) is 5. The topological polar surface area (TPSA) is 90.0 Å². The second kappa shape index (κ2) is 8.59. The number of rotatable bonds is 5. The summed E-state index contributed by atoms with van der Waals surface area (Å²) >= 11 is 1.34. The Balaban J connectivity index is 1.61. The van der Waals surface area contributed by atoms with E-state index in [0.29, 0.717) is 49.2 Å². The average Bonchev–Trinajstić information content (AvgIpc) is 3.38. The van der Waals surface area contributed by atoms with Crippen LogP contribution in [0.25, 0.3) is 43.1 Å². The highest BCUT2D eigenvalue weighted by molar-refractivity contribution is 7.18. The van der Waals surface area contributed by atoms with Gasteiger partial charge in [0.25, 0.3) is 5.56 Å². The SMILES string of the molecule is Cc1c(-c2nn(Cc3nc4cc(F)ccc4s3)c(=O)c3ccccc23)c2cc(F)ccc2n1CC(=O)O. The van der Waals surface area contributed by atoms with E-state index in [1.807, 2.05) is 0 Å². The van der Waals surface area contributed by atoms with Gasteiger partial charge in [-0.1, -0.05) is 18.2 Å². The number of carboxylic acids is 1. The van der Waals surface area contributed by atoms with Crippen molar-refractivity contribution in [2.24, 2.45) is 0 Å². The Morgan fingerprint density at radius 2 is 1.73 bits per heavy atom. The molecule has 6 rings (SSSR count). The van der Waals surface area contributed by atoms with Gasteiger partial charge < -0.3 is 9.67 Å². The molecule has 1 N–H and O–H groups in total. The first-order valence-corrected chi connectivity index (χ1v) is 12.2. The Bertz CT molecular complexity index is 1940. The normalized spacial score (nSPS) is 11.6. The summed E-state index contributed by atoms with van der Waals surface area (Å²) in [6.07, 6.45) is 0. The highest BCUT2D eigenvalue weighted by atomic mass is 32.1. The second-order valence-corrected chi connectivity index (χ2v) is 9.79. The van der Waals surface area contributed by atoms with E-state index in [1.165, 1.54) is 40.3 Å². The number of benzene rings is 3. The quantitative estimate of drug-likeness (QED) is 0.334. The number of fused-ring (bicyclic) bond motifs is 3. The number of carboxylic acid groups (broad SMARTS) is 1. The van der Waals surface area contributed by atoms with Crippen molar-refractivity contribution in [2.75, 3.05) is 0 Å². The van der Waals surface area contributed by atoms with Crippen LogP contribution in [0.1, 0.15) is 10.7 Å². The minimum Gasteiger partial charge on any atom is -0.480 e. The molecule has 184 valence electrons. The fourth-order valence-corrected chi connectivity index (χ4v) is 5.69. The first kappa shape index (κ1) is 23.0. The highest BCUT2D eigenvalue weighted by Crippen LogP contribution is 2.37. The second-order valence-electron chi connectivity index (χ2n) is 8.68. The molecule has 0 radical (unpaired) electrons. The van der Waals surface area contributed by atoms with Crippen LogP contribution in [0.2, 0.25) is 0 Å². The van der Waals surface area contributed by atoms with Crippen LogP contribution in [-0.2, 0) is 17.9 Å². The van der Waals surface area contributed by atoms with E-state index in [0.717, 1.165) is 4.70 Å². The van der Waals surface area contributed by atoms with E-state index in [-0.39, 0.29) is 18.6 Å². The first-order valence-electron chi connectivity index (χ1n) is 11.4. The molecule has 0 spiro atoms. The lowest BCUT2D eigenvalue weighted by Crippen LogP contribution is -2.24. The van der Waals surface area contributed by atoms with E-state index in [1.54, 1.807) is 47.9 Å². The van der Waals surface area contributed by atoms with Crippen LogP contribution in [0.3, 0.4) is 0 Å². The third-order valence-corrected chi connectivity index (χ3v) is 7.38. The number of carbonyl (C=O) groups is 1. The molecular formula is C27H18F2N4O3S. The monoisotopic (exact) mass is 516 g/mol. The van der Waals surface area contributed by atoms with Crippen molar-refractivity contribution in [3.8, 4) is 11.3 Å². The summed E-state index contributed by atoms with van der Waals surface area (Å²) in [5, 5.41) is 16.2. The van der Waals surface area contributed by atoms with Gasteiger partial charge in [-0.25, -0.2) is 18.4 Å². The molecule has 0 saturated carbocycles. The molecule has 7 nitrogen and oxygen atoms in total. The number of thiazole rings is 1. The smallest absolute Gasteiger partial charge is 0.323 e. The average molecular weight is 517 g/mol. The predicted molar refractivity (Wildman–Crippen MR) is 138 cm³/mol. The molecule has 0 aliphatic heterocycles. The molecule has 10 heteroatoms. The Morgan fingerprint density at radius 1 is 1.00 bits per heavy atom. The summed E-state index contributed by atoms with van der Waals surface area (Å²) in [5.41, 5.74) is 2.28. The van der Waals surface area contributed by atoms with Crippen LogP contribution in [0.4, 0.5) is 8.78 Å². The third kappa shape index (κ3) is 3.86. The van der Waals surface area contributed by atoms with Crippen LogP contribution in [0.15, 0.2) is 65.5 Å². The Hall–Kier alpha value is -4.44. The number of hydrogen-bond donors (Lipinski definition) is 1. The lowest BCUT2D eigenvalue weighted by atomic mass is 10.0. The van der Waals surface area contributed by atoms with Crippen molar-refractivity contribution >= 4 is 49.2 Å². The van der Waals surface area contributed by atoms with Crippen LogP contribution in [0.5, 0.6) is 0 Å². The van der Waals surface area contributed by atoms with Crippen molar-refractivity contribution in [3.05, 3.63) is 93.4 Å². The lowest BCUT2D eigenvalue weighted by molar-refractivity contribution is -0.137. The molecule has 0 amide bonds. The Kier molecular flexibility index (Phi) is 5.34. The van der Waals surface area contributed by atoms with Gasteiger partial charge >= 0.3 is 5.97 Å². The number of halogens is 2. The lowest BCUT2D eigenvalue weighted by Gasteiger charge is -2.11. The molecule has 0 aliphatic rings. The van der Waals surface area contributed by atoms with E-state index < -0.39 is 17.6 Å². The molecule has 0 aliphatic carbocycles. The van der Waals surface area contributed by atoms with Gasteiger partial charge in [0.2, 0.25) is 0 Å². The number of aromatic nitrogens is 4. The fraction of sp³-hybridized carbons (Fsp3) is 0.111. The summed E-state index contributed by atoms with van der Waals surface area (Å²) in [6, 6.07) is 15.5. The molecule has 0 fully saturated rings. The summed E-state index contributed by atoms with van der Waals surface area (Å²) in [6.45, 7) is 1.50. The summed E-state index contributed by atoms with van der Waals surface area (Å²) in [4.78, 5) is 29.5. The van der Waals surface area contributed by atoms with Crippen LogP contribution >= 0.6 is 11.3 Å². The van der Waals surface area contributed by atoms with Gasteiger partial charge in [-0.3, -0.25) is 9.59 Å². The standard InChI is InChI=1S/C27H18F2N4O3S/c1-14-25(19-10-15(28)6-8-21(19)32(14)13-24(34)35)26-17-4-2-3-5-18(17)27(36)33(31-26)12-23-30-20-11-16(29)7-9-22(20)37-23/h2-11H,12-13H2,1H3,(H,34,35). The van der Waals surface area contributed by atoms with Gasteiger partial charge in [0.1, 0.15) is 28.9 Å². The van der Waals surface area contributed by atoms with Crippen molar-refractivity contribution in [2.45, 2.75) is 20.0 Å². The van der Waals surface area contributed by atoms with Gasteiger partial charge in [0, 0.05) is 33.6 Å². The largest absolute Gasteiger partial charge is 0.480 e. The zero-order valence-electron chi connectivity index (χ0n) is 19.4. The molecule has 0 saturated heterocycles. The predicted octanol–water partition coefficient (Wildman–Crippen LogP) is 5.35. The summed E-state index contributed by atoms with van der Waals surface area (Å²) < 4.78 is 31.7. The van der Waals surface area contributed by atoms with Gasteiger partial charge in [-0.2, -0.15) is 5.10 Å². The maximum Gasteiger partial charge on any atom is 0.323 e. The zero-order chi connectivity index (χ0) is 25.8. The molecule has 3 aromatic carbocycles. The van der Waals surface area contributed by atoms with Gasteiger partial charge in [-0.15, -0.1) is 11.3 Å². The Morgan fingerprint density at radius 3 is 2.51 bits per heavy atom. The van der Waals surface area contributed by atoms with Gasteiger partial charge in [-0.05, 0) is 43.3 Å². The first-order chi connectivity index (χ1) is 17.8. The highest BCUT2D eigenvalue weighted by Gasteiger charge is 2.22. The van der Waals surface area contributed by atoms with Crippen molar-refractivity contribution in [3.63, 3.8) is 0 Å². The minimum absolute atomic E-state index is 0.0544. The molecule has 0 bridgehead atoms. The van der Waals surface area contributed by atoms with E-state index in [4.69, 9.17) is 5.10 Å². The fourth-order valence-electron chi connectivity index (χ4n) is 4.76.